The lowest BCUT2D eigenvalue weighted by Crippen LogP contribution is -2.59. The maximum atomic E-state index is 3.50. The Labute approximate surface area is 111 Å². The first-order valence-electron chi connectivity index (χ1n) is 7.35. The Balaban J connectivity index is 0.000000902. The summed E-state index contributed by atoms with van der Waals surface area (Å²) in [6.45, 7) is 5.07. The second-order valence-electron chi connectivity index (χ2n) is 6.71. The quantitative estimate of drug-likeness (QED) is 0.773. The van der Waals surface area contributed by atoms with Crippen LogP contribution in [0.25, 0.3) is 0 Å². The van der Waals surface area contributed by atoms with Crippen molar-refractivity contribution in [3.63, 3.8) is 0 Å². The molecule has 5 aliphatic rings. The SMILES string of the molecule is C1CN(C2C3CC4CC(C3)CC2C4)CCN1.Cl. The van der Waals surface area contributed by atoms with Crippen LogP contribution in [0.3, 0.4) is 0 Å². The molecule has 4 aliphatic carbocycles. The fourth-order valence-electron chi connectivity index (χ4n) is 5.47. The molecule has 0 radical (unpaired) electrons. The molecule has 5 rings (SSSR count). The number of hydrogen-bond acceptors (Lipinski definition) is 2. The van der Waals surface area contributed by atoms with Crippen molar-refractivity contribution in [2.24, 2.45) is 23.7 Å². The van der Waals surface area contributed by atoms with Crippen molar-refractivity contribution in [2.75, 3.05) is 26.2 Å². The summed E-state index contributed by atoms with van der Waals surface area (Å²) >= 11 is 0. The van der Waals surface area contributed by atoms with E-state index in [-0.39, 0.29) is 12.4 Å². The number of halogens is 1. The lowest BCUT2D eigenvalue weighted by Gasteiger charge is -2.57. The number of piperazine rings is 1. The zero-order valence-electron chi connectivity index (χ0n) is 10.6. The molecule has 4 saturated carbocycles. The standard InChI is InChI=1S/C14H24N2.ClH/c1-3-16(4-2-15-1)14-12-6-10-5-11(8-12)9-13(14)7-10;/h10-15H,1-9H2;1H. The van der Waals surface area contributed by atoms with E-state index in [2.05, 4.69) is 10.2 Å². The summed E-state index contributed by atoms with van der Waals surface area (Å²) in [5.41, 5.74) is 0. The van der Waals surface area contributed by atoms with Crippen molar-refractivity contribution in [3.05, 3.63) is 0 Å². The van der Waals surface area contributed by atoms with E-state index in [1.807, 2.05) is 0 Å². The lowest BCUT2D eigenvalue weighted by molar-refractivity contribution is -0.0680. The van der Waals surface area contributed by atoms with E-state index in [1.54, 1.807) is 32.1 Å². The van der Waals surface area contributed by atoms with Crippen LogP contribution in [-0.4, -0.2) is 37.1 Å². The fourth-order valence-corrected chi connectivity index (χ4v) is 5.47. The van der Waals surface area contributed by atoms with E-state index >= 15 is 0 Å². The Kier molecular flexibility index (Phi) is 3.40. The van der Waals surface area contributed by atoms with Gasteiger partial charge in [-0.15, -0.1) is 12.4 Å². The molecule has 0 spiro atoms. The largest absolute Gasteiger partial charge is 0.314 e. The highest BCUT2D eigenvalue weighted by Crippen LogP contribution is 2.55. The first kappa shape index (κ1) is 12.3. The van der Waals surface area contributed by atoms with Crippen molar-refractivity contribution in [2.45, 2.75) is 38.1 Å². The predicted molar refractivity (Wildman–Crippen MR) is 72.5 cm³/mol. The zero-order valence-corrected chi connectivity index (χ0v) is 11.4. The van der Waals surface area contributed by atoms with Crippen molar-refractivity contribution < 1.29 is 0 Å². The van der Waals surface area contributed by atoms with Crippen LogP contribution in [0.1, 0.15) is 32.1 Å². The molecule has 2 nitrogen and oxygen atoms in total. The van der Waals surface area contributed by atoms with Crippen molar-refractivity contribution in [1.29, 1.82) is 0 Å². The molecule has 1 saturated heterocycles. The topological polar surface area (TPSA) is 15.3 Å². The molecule has 0 amide bonds. The molecule has 1 aliphatic heterocycles. The molecule has 4 bridgehead atoms. The second-order valence-corrected chi connectivity index (χ2v) is 6.71. The molecule has 0 unspecified atom stereocenters. The number of nitrogens with one attached hydrogen (secondary N) is 1. The van der Waals surface area contributed by atoms with E-state index in [4.69, 9.17) is 0 Å². The summed E-state index contributed by atoms with van der Waals surface area (Å²) in [6, 6.07) is 0.981. The molecule has 0 atom stereocenters. The summed E-state index contributed by atoms with van der Waals surface area (Å²) in [4.78, 5) is 2.84. The van der Waals surface area contributed by atoms with E-state index < -0.39 is 0 Å². The van der Waals surface area contributed by atoms with Crippen LogP contribution in [0.5, 0.6) is 0 Å². The molecule has 17 heavy (non-hydrogen) atoms. The van der Waals surface area contributed by atoms with Crippen molar-refractivity contribution in [1.82, 2.24) is 10.2 Å². The van der Waals surface area contributed by atoms with Gasteiger partial charge in [0.25, 0.3) is 0 Å². The van der Waals surface area contributed by atoms with Gasteiger partial charge in [-0.1, -0.05) is 0 Å². The highest BCUT2D eigenvalue weighted by Gasteiger charge is 2.49. The molecule has 0 aromatic heterocycles. The zero-order chi connectivity index (χ0) is 10.5. The molecule has 3 heteroatoms. The summed E-state index contributed by atoms with van der Waals surface area (Å²) in [7, 11) is 0. The Morgan fingerprint density at radius 1 is 0.765 bits per heavy atom. The van der Waals surface area contributed by atoms with E-state index in [1.165, 1.54) is 26.2 Å². The molecule has 0 aromatic rings. The predicted octanol–water partition coefficient (Wildman–Crippen LogP) is 2.14. The Bertz CT molecular complexity index is 245. The van der Waals surface area contributed by atoms with Gasteiger partial charge in [-0.3, -0.25) is 4.90 Å². The maximum absolute atomic E-state index is 3.50. The van der Waals surface area contributed by atoms with Gasteiger partial charge in [-0.25, -0.2) is 0 Å². The molecule has 98 valence electrons. The molecule has 1 N–H and O–H groups in total. The Morgan fingerprint density at radius 3 is 1.82 bits per heavy atom. The highest BCUT2D eigenvalue weighted by molar-refractivity contribution is 5.85. The Hall–Kier alpha value is 0.210. The molecular formula is C14H25ClN2. The molecule has 5 fully saturated rings. The lowest BCUT2D eigenvalue weighted by atomic mass is 9.54. The minimum atomic E-state index is 0. The van der Waals surface area contributed by atoms with E-state index in [0.29, 0.717) is 0 Å². The van der Waals surface area contributed by atoms with Crippen LogP contribution < -0.4 is 5.32 Å². The first-order chi connectivity index (χ1) is 7.90. The van der Waals surface area contributed by atoms with Crippen LogP contribution in [0.15, 0.2) is 0 Å². The monoisotopic (exact) mass is 256 g/mol. The normalized spacial score (nSPS) is 49.1. The van der Waals surface area contributed by atoms with Crippen LogP contribution in [-0.2, 0) is 0 Å². The van der Waals surface area contributed by atoms with Crippen LogP contribution in [0, 0.1) is 23.7 Å². The smallest absolute Gasteiger partial charge is 0.0153 e. The maximum Gasteiger partial charge on any atom is 0.0153 e. The van der Waals surface area contributed by atoms with Gasteiger partial charge in [0.15, 0.2) is 0 Å². The van der Waals surface area contributed by atoms with Crippen LogP contribution in [0.2, 0.25) is 0 Å². The fraction of sp³-hybridized carbons (Fsp3) is 1.00. The summed E-state index contributed by atoms with van der Waals surface area (Å²) < 4.78 is 0. The first-order valence-corrected chi connectivity index (χ1v) is 7.35. The van der Waals surface area contributed by atoms with Gasteiger partial charge in [0.05, 0.1) is 0 Å². The third-order valence-corrected chi connectivity index (χ3v) is 5.75. The van der Waals surface area contributed by atoms with Gasteiger partial charge >= 0.3 is 0 Å². The van der Waals surface area contributed by atoms with Gasteiger partial charge in [0, 0.05) is 32.2 Å². The van der Waals surface area contributed by atoms with Crippen LogP contribution in [0.4, 0.5) is 0 Å². The number of hydrogen-bond donors (Lipinski definition) is 1. The molecule has 1 heterocycles. The summed E-state index contributed by atoms with van der Waals surface area (Å²) in [6.07, 6.45) is 7.87. The Morgan fingerprint density at radius 2 is 1.29 bits per heavy atom. The van der Waals surface area contributed by atoms with E-state index in [9.17, 15) is 0 Å². The van der Waals surface area contributed by atoms with Gasteiger partial charge in [-0.05, 0) is 55.8 Å². The highest BCUT2D eigenvalue weighted by atomic mass is 35.5. The molecular weight excluding hydrogens is 232 g/mol. The van der Waals surface area contributed by atoms with Gasteiger partial charge in [0.2, 0.25) is 0 Å². The third kappa shape index (κ3) is 2.02. The van der Waals surface area contributed by atoms with Crippen LogP contribution >= 0.6 is 12.4 Å². The minimum absolute atomic E-state index is 0. The molecule has 0 aromatic carbocycles. The third-order valence-electron chi connectivity index (χ3n) is 5.75. The van der Waals surface area contributed by atoms with Gasteiger partial charge in [0.1, 0.15) is 0 Å². The van der Waals surface area contributed by atoms with Gasteiger partial charge < -0.3 is 5.32 Å². The van der Waals surface area contributed by atoms with E-state index in [0.717, 1.165) is 29.7 Å². The minimum Gasteiger partial charge on any atom is -0.314 e. The number of rotatable bonds is 1. The summed E-state index contributed by atoms with van der Waals surface area (Å²) in [5.74, 6) is 4.41. The van der Waals surface area contributed by atoms with Crippen molar-refractivity contribution in [3.8, 4) is 0 Å². The average molecular weight is 257 g/mol. The number of nitrogens with zero attached hydrogens (tertiary/aromatic N) is 1. The van der Waals surface area contributed by atoms with Crippen molar-refractivity contribution >= 4 is 12.4 Å². The van der Waals surface area contributed by atoms with Gasteiger partial charge in [-0.2, -0.15) is 0 Å². The summed E-state index contributed by atoms with van der Waals surface area (Å²) in [5, 5.41) is 3.50. The average Bonchev–Trinajstić information content (AvgIpc) is 2.29. The second kappa shape index (κ2) is 4.71.